The Balaban J connectivity index is 2.20. The van der Waals surface area contributed by atoms with Gasteiger partial charge in [-0.1, -0.05) is 12.1 Å². The first-order chi connectivity index (χ1) is 7.88. The van der Waals surface area contributed by atoms with Gasteiger partial charge >= 0.3 is 0 Å². The summed E-state index contributed by atoms with van der Waals surface area (Å²) in [5.41, 5.74) is 3.69. The Kier molecular flexibility index (Phi) is 2.91. The summed E-state index contributed by atoms with van der Waals surface area (Å²) in [5, 5.41) is 1.63. The van der Waals surface area contributed by atoms with Gasteiger partial charge in [0.2, 0.25) is 5.91 Å². The standard InChI is InChI=1S/C13H17FN2O/c1-13(2,3)16-12(17)8-11(15-16)9-5-4-6-10(14)7-9/h4-7,11,15H,8H2,1-3H3. The van der Waals surface area contributed by atoms with E-state index in [9.17, 15) is 9.18 Å². The van der Waals surface area contributed by atoms with E-state index in [1.807, 2.05) is 26.8 Å². The second kappa shape index (κ2) is 4.11. The first-order valence-corrected chi connectivity index (χ1v) is 5.72. The highest BCUT2D eigenvalue weighted by atomic mass is 19.1. The molecule has 0 spiro atoms. The lowest BCUT2D eigenvalue weighted by atomic mass is 10.1. The zero-order chi connectivity index (χ0) is 12.6. The van der Waals surface area contributed by atoms with Gasteiger partial charge in [-0.3, -0.25) is 9.80 Å². The number of benzene rings is 1. The summed E-state index contributed by atoms with van der Waals surface area (Å²) in [6, 6.07) is 6.24. The number of carbonyl (C=O) groups is 1. The van der Waals surface area contributed by atoms with E-state index in [1.54, 1.807) is 11.1 Å². The van der Waals surface area contributed by atoms with Crippen molar-refractivity contribution in [2.75, 3.05) is 0 Å². The van der Waals surface area contributed by atoms with Crippen molar-refractivity contribution in [2.24, 2.45) is 0 Å². The molecule has 1 saturated heterocycles. The minimum Gasteiger partial charge on any atom is -0.273 e. The molecule has 0 bridgehead atoms. The average Bonchev–Trinajstić information content (AvgIpc) is 2.60. The van der Waals surface area contributed by atoms with Crippen LogP contribution in [-0.2, 0) is 4.79 Å². The van der Waals surface area contributed by atoms with Crippen molar-refractivity contribution in [2.45, 2.75) is 38.8 Å². The molecule has 92 valence electrons. The van der Waals surface area contributed by atoms with E-state index in [4.69, 9.17) is 0 Å². The molecule has 1 heterocycles. The van der Waals surface area contributed by atoms with E-state index in [1.165, 1.54) is 12.1 Å². The summed E-state index contributed by atoms with van der Waals surface area (Å²) in [6.07, 6.45) is 0.376. The van der Waals surface area contributed by atoms with Crippen LogP contribution in [0.1, 0.15) is 38.8 Å². The van der Waals surface area contributed by atoms with Crippen LogP contribution in [0.4, 0.5) is 4.39 Å². The molecule has 1 aromatic rings. The number of nitrogens with zero attached hydrogens (tertiary/aromatic N) is 1. The monoisotopic (exact) mass is 236 g/mol. The van der Waals surface area contributed by atoms with E-state index in [-0.39, 0.29) is 23.3 Å². The number of rotatable bonds is 1. The molecule has 1 aromatic carbocycles. The molecule has 1 amide bonds. The van der Waals surface area contributed by atoms with Crippen molar-refractivity contribution < 1.29 is 9.18 Å². The van der Waals surface area contributed by atoms with Crippen LogP contribution in [0.3, 0.4) is 0 Å². The van der Waals surface area contributed by atoms with Gasteiger partial charge in [-0.05, 0) is 38.5 Å². The maximum Gasteiger partial charge on any atom is 0.239 e. The Bertz CT molecular complexity index is 439. The van der Waals surface area contributed by atoms with Crippen LogP contribution in [0.15, 0.2) is 24.3 Å². The highest BCUT2D eigenvalue weighted by molar-refractivity contribution is 5.79. The number of carbonyl (C=O) groups excluding carboxylic acids is 1. The van der Waals surface area contributed by atoms with Gasteiger partial charge in [-0.25, -0.2) is 9.82 Å². The fourth-order valence-corrected chi connectivity index (χ4v) is 2.02. The highest BCUT2D eigenvalue weighted by Crippen LogP contribution is 2.28. The molecular formula is C13H17FN2O. The molecule has 1 aliphatic rings. The summed E-state index contributed by atoms with van der Waals surface area (Å²) in [6.45, 7) is 5.89. The van der Waals surface area contributed by atoms with Gasteiger partial charge in [0.15, 0.2) is 0 Å². The van der Waals surface area contributed by atoms with Crippen molar-refractivity contribution in [3.63, 3.8) is 0 Å². The maximum atomic E-state index is 13.1. The van der Waals surface area contributed by atoms with Crippen molar-refractivity contribution in [3.8, 4) is 0 Å². The third-order valence-corrected chi connectivity index (χ3v) is 2.83. The predicted octanol–water partition coefficient (Wildman–Crippen LogP) is 2.40. The Hall–Kier alpha value is -1.42. The zero-order valence-electron chi connectivity index (χ0n) is 10.3. The molecule has 2 rings (SSSR count). The Morgan fingerprint density at radius 3 is 2.65 bits per heavy atom. The van der Waals surface area contributed by atoms with Crippen LogP contribution in [0, 0.1) is 5.82 Å². The molecular weight excluding hydrogens is 219 g/mol. The molecule has 17 heavy (non-hydrogen) atoms. The van der Waals surface area contributed by atoms with Gasteiger partial charge in [0.05, 0.1) is 11.6 Å². The summed E-state index contributed by atoms with van der Waals surface area (Å²) in [4.78, 5) is 11.9. The van der Waals surface area contributed by atoms with E-state index in [0.29, 0.717) is 6.42 Å². The Labute approximate surface area is 101 Å². The lowest BCUT2D eigenvalue weighted by molar-refractivity contribution is -0.134. The number of halogens is 1. The third-order valence-electron chi connectivity index (χ3n) is 2.83. The largest absolute Gasteiger partial charge is 0.273 e. The molecule has 1 unspecified atom stereocenters. The quantitative estimate of drug-likeness (QED) is 0.812. The van der Waals surface area contributed by atoms with Gasteiger partial charge in [0.1, 0.15) is 5.82 Å². The van der Waals surface area contributed by atoms with E-state index in [0.717, 1.165) is 5.56 Å². The third kappa shape index (κ3) is 2.47. The van der Waals surface area contributed by atoms with Crippen LogP contribution in [0.2, 0.25) is 0 Å². The fourth-order valence-electron chi connectivity index (χ4n) is 2.02. The number of nitrogens with one attached hydrogen (secondary N) is 1. The fraction of sp³-hybridized carbons (Fsp3) is 0.462. The topological polar surface area (TPSA) is 32.3 Å². The summed E-state index contributed by atoms with van der Waals surface area (Å²) < 4.78 is 13.1. The molecule has 0 aliphatic carbocycles. The van der Waals surface area contributed by atoms with Gasteiger partial charge in [-0.15, -0.1) is 0 Å². The maximum absolute atomic E-state index is 13.1. The summed E-state index contributed by atoms with van der Waals surface area (Å²) in [5.74, 6) is -0.224. The van der Waals surface area contributed by atoms with Crippen molar-refractivity contribution in [1.82, 2.24) is 10.4 Å². The van der Waals surface area contributed by atoms with Crippen LogP contribution in [-0.4, -0.2) is 16.5 Å². The van der Waals surface area contributed by atoms with Gasteiger partial charge in [-0.2, -0.15) is 0 Å². The average molecular weight is 236 g/mol. The number of hydrogen-bond donors (Lipinski definition) is 1. The molecule has 1 atom stereocenters. The van der Waals surface area contributed by atoms with Crippen molar-refractivity contribution in [3.05, 3.63) is 35.6 Å². The van der Waals surface area contributed by atoms with Crippen molar-refractivity contribution >= 4 is 5.91 Å². The van der Waals surface area contributed by atoms with Crippen LogP contribution in [0.5, 0.6) is 0 Å². The molecule has 4 heteroatoms. The van der Waals surface area contributed by atoms with Gasteiger partial charge in [0.25, 0.3) is 0 Å². The van der Waals surface area contributed by atoms with E-state index < -0.39 is 0 Å². The molecule has 1 fully saturated rings. The SMILES string of the molecule is CC(C)(C)N1NC(c2cccc(F)c2)CC1=O. The summed E-state index contributed by atoms with van der Waals surface area (Å²) in [7, 11) is 0. The van der Waals surface area contributed by atoms with E-state index >= 15 is 0 Å². The minimum absolute atomic E-state index is 0.0479. The Morgan fingerprint density at radius 1 is 1.41 bits per heavy atom. The lowest BCUT2D eigenvalue weighted by Gasteiger charge is -2.32. The molecule has 0 radical (unpaired) electrons. The first kappa shape index (κ1) is 12.0. The van der Waals surface area contributed by atoms with Crippen LogP contribution in [0.25, 0.3) is 0 Å². The molecule has 3 nitrogen and oxygen atoms in total. The molecule has 0 aromatic heterocycles. The van der Waals surface area contributed by atoms with Crippen LogP contribution < -0.4 is 5.43 Å². The zero-order valence-corrected chi connectivity index (χ0v) is 10.3. The molecule has 1 N–H and O–H groups in total. The predicted molar refractivity (Wildman–Crippen MR) is 63.5 cm³/mol. The smallest absolute Gasteiger partial charge is 0.239 e. The Morgan fingerprint density at radius 2 is 2.12 bits per heavy atom. The highest BCUT2D eigenvalue weighted by Gasteiger charge is 2.36. The minimum atomic E-state index is -0.272. The first-order valence-electron chi connectivity index (χ1n) is 5.72. The second-order valence-electron chi connectivity index (χ2n) is 5.34. The number of hydrogen-bond acceptors (Lipinski definition) is 2. The molecule has 0 saturated carbocycles. The number of amides is 1. The van der Waals surface area contributed by atoms with Gasteiger partial charge in [0, 0.05) is 6.42 Å². The normalized spacial score (nSPS) is 21.1. The van der Waals surface area contributed by atoms with Crippen LogP contribution >= 0.6 is 0 Å². The summed E-state index contributed by atoms with van der Waals surface area (Å²) >= 11 is 0. The van der Waals surface area contributed by atoms with Gasteiger partial charge < -0.3 is 0 Å². The second-order valence-corrected chi connectivity index (χ2v) is 5.34. The van der Waals surface area contributed by atoms with Crippen molar-refractivity contribution in [1.29, 1.82) is 0 Å². The lowest BCUT2D eigenvalue weighted by Crippen LogP contribution is -2.48. The van der Waals surface area contributed by atoms with E-state index in [2.05, 4.69) is 5.43 Å². The molecule has 1 aliphatic heterocycles. The number of hydrazine groups is 1.